The topological polar surface area (TPSA) is 32.3 Å². The molecule has 1 saturated heterocycles. The van der Waals surface area contributed by atoms with E-state index in [1.807, 2.05) is 18.7 Å². The Kier molecular flexibility index (Phi) is 5.04. The molecule has 0 aromatic carbocycles. The SMILES string of the molecule is C[C@@H](O)CCNC1CCSCC1. The van der Waals surface area contributed by atoms with Gasteiger partial charge in [-0.1, -0.05) is 0 Å². The molecule has 1 fully saturated rings. The Morgan fingerprint density at radius 2 is 2.17 bits per heavy atom. The third-order valence-electron chi connectivity index (χ3n) is 2.22. The normalized spacial score (nSPS) is 22.5. The van der Waals surface area contributed by atoms with Gasteiger partial charge in [0.2, 0.25) is 0 Å². The van der Waals surface area contributed by atoms with Crippen LogP contribution in [-0.4, -0.2) is 35.3 Å². The van der Waals surface area contributed by atoms with Gasteiger partial charge in [-0.25, -0.2) is 0 Å². The van der Waals surface area contributed by atoms with Crippen molar-refractivity contribution < 1.29 is 5.11 Å². The molecule has 12 heavy (non-hydrogen) atoms. The minimum absolute atomic E-state index is 0.157. The number of aliphatic hydroxyl groups excluding tert-OH is 1. The van der Waals surface area contributed by atoms with Gasteiger partial charge < -0.3 is 10.4 Å². The van der Waals surface area contributed by atoms with E-state index < -0.39 is 0 Å². The number of aliphatic hydroxyl groups is 1. The van der Waals surface area contributed by atoms with Gasteiger partial charge in [0.25, 0.3) is 0 Å². The van der Waals surface area contributed by atoms with Crippen LogP contribution in [-0.2, 0) is 0 Å². The molecule has 1 heterocycles. The predicted molar refractivity (Wildman–Crippen MR) is 54.6 cm³/mol. The summed E-state index contributed by atoms with van der Waals surface area (Å²) >= 11 is 2.05. The smallest absolute Gasteiger partial charge is 0.0524 e. The van der Waals surface area contributed by atoms with Crippen LogP contribution in [0.15, 0.2) is 0 Å². The van der Waals surface area contributed by atoms with E-state index in [4.69, 9.17) is 5.11 Å². The van der Waals surface area contributed by atoms with Gasteiger partial charge in [0, 0.05) is 6.04 Å². The van der Waals surface area contributed by atoms with Crippen LogP contribution in [0.4, 0.5) is 0 Å². The second-order valence-electron chi connectivity index (χ2n) is 3.48. The first kappa shape index (κ1) is 10.4. The highest BCUT2D eigenvalue weighted by Gasteiger charge is 2.12. The zero-order valence-corrected chi connectivity index (χ0v) is 8.57. The average molecular weight is 189 g/mol. The maximum absolute atomic E-state index is 9.04. The molecule has 0 amide bonds. The Balaban J connectivity index is 1.98. The van der Waals surface area contributed by atoms with E-state index in [-0.39, 0.29) is 6.10 Å². The molecule has 1 atom stereocenters. The number of nitrogens with one attached hydrogen (secondary N) is 1. The fourth-order valence-corrected chi connectivity index (χ4v) is 2.50. The van der Waals surface area contributed by atoms with Gasteiger partial charge in [-0.2, -0.15) is 11.8 Å². The minimum Gasteiger partial charge on any atom is -0.393 e. The lowest BCUT2D eigenvalue weighted by atomic mass is 10.1. The van der Waals surface area contributed by atoms with Crippen molar-refractivity contribution in [3.63, 3.8) is 0 Å². The first-order valence-corrected chi connectivity index (χ1v) is 5.93. The highest BCUT2D eigenvalue weighted by molar-refractivity contribution is 7.99. The van der Waals surface area contributed by atoms with Gasteiger partial charge >= 0.3 is 0 Å². The molecule has 0 spiro atoms. The molecule has 2 nitrogen and oxygen atoms in total. The summed E-state index contributed by atoms with van der Waals surface area (Å²) in [6.07, 6.45) is 3.31. The number of hydrogen-bond donors (Lipinski definition) is 2. The Bertz CT molecular complexity index is 113. The van der Waals surface area contributed by atoms with E-state index in [1.165, 1.54) is 24.3 Å². The first-order chi connectivity index (χ1) is 5.79. The van der Waals surface area contributed by atoms with Crippen LogP contribution in [0.3, 0.4) is 0 Å². The molecular weight excluding hydrogens is 170 g/mol. The van der Waals surface area contributed by atoms with Crippen molar-refractivity contribution in [3.8, 4) is 0 Å². The van der Waals surface area contributed by atoms with Crippen LogP contribution in [0, 0.1) is 0 Å². The first-order valence-electron chi connectivity index (χ1n) is 4.78. The number of rotatable bonds is 4. The zero-order valence-electron chi connectivity index (χ0n) is 7.75. The molecule has 1 aliphatic heterocycles. The van der Waals surface area contributed by atoms with Crippen molar-refractivity contribution in [1.29, 1.82) is 0 Å². The maximum Gasteiger partial charge on any atom is 0.0524 e. The molecule has 2 N–H and O–H groups in total. The Hall–Kier alpha value is 0.270. The highest BCUT2D eigenvalue weighted by atomic mass is 32.2. The van der Waals surface area contributed by atoms with Gasteiger partial charge in [0.1, 0.15) is 0 Å². The molecule has 1 aliphatic rings. The Labute approximate surface area is 79.1 Å². The number of thioether (sulfide) groups is 1. The van der Waals surface area contributed by atoms with Gasteiger partial charge in [0.15, 0.2) is 0 Å². The van der Waals surface area contributed by atoms with Crippen LogP contribution >= 0.6 is 11.8 Å². The summed E-state index contributed by atoms with van der Waals surface area (Å²) < 4.78 is 0. The molecule has 0 unspecified atom stereocenters. The third kappa shape index (κ3) is 4.33. The van der Waals surface area contributed by atoms with E-state index in [0.717, 1.165) is 13.0 Å². The van der Waals surface area contributed by atoms with E-state index in [1.54, 1.807) is 0 Å². The summed E-state index contributed by atoms with van der Waals surface area (Å²) in [7, 11) is 0. The van der Waals surface area contributed by atoms with Crippen LogP contribution < -0.4 is 5.32 Å². The van der Waals surface area contributed by atoms with Crippen LogP contribution in [0.25, 0.3) is 0 Å². The molecule has 0 bridgehead atoms. The molecule has 0 aromatic heterocycles. The Morgan fingerprint density at radius 1 is 1.50 bits per heavy atom. The van der Waals surface area contributed by atoms with Gasteiger partial charge in [-0.05, 0) is 44.2 Å². The van der Waals surface area contributed by atoms with E-state index in [2.05, 4.69) is 5.32 Å². The minimum atomic E-state index is -0.157. The van der Waals surface area contributed by atoms with E-state index in [0.29, 0.717) is 6.04 Å². The second-order valence-corrected chi connectivity index (χ2v) is 4.70. The summed E-state index contributed by atoms with van der Waals surface area (Å²) in [5, 5.41) is 12.5. The third-order valence-corrected chi connectivity index (χ3v) is 3.27. The van der Waals surface area contributed by atoms with Crippen LogP contribution in [0.2, 0.25) is 0 Å². The quantitative estimate of drug-likeness (QED) is 0.698. The summed E-state index contributed by atoms with van der Waals surface area (Å²) in [6.45, 7) is 2.81. The molecule has 0 radical (unpaired) electrons. The summed E-state index contributed by atoms with van der Waals surface area (Å²) in [5.41, 5.74) is 0. The lowest BCUT2D eigenvalue weighted by Crippen LogP contribution is -2.34. The van der Waals surface area contributed by atoms with E-state index >= 15 is 0 Å². The van der Waals surface area contributed by atoms with Crippen molar-refractivity contribution in [3.05, 3.63) is 0 Å². The van der Waals surface area contributed by atoms with Crippen LogP contribution in [0.1, 0.15) is 26.2 Å². The highest BCUT2D eigenvalue weighted by Crippen LogP contribution is 2.16. The predicted octanol–water partition coefficient (Wildman–Crippen LogP) is 1.24. The second kappa shape index (κ2) is 5.84. The van der Waals surface area contributed by atoms with Crippen molar-refractivity contribution in [1.82, 2.24) is 5.32 Å². The summed E-state index contributed by atoms with van der Waals surface area (Å²) in [5.74, 6) is 2.60. The van der Waals surface area contributed by atoms with Crippen LogP contribution in [0.5, 0.6) is 0 Å². The molecule has 3 heteroatoms. The van der Waals surface area contributed by atoms with Crippen molar-refractivity contribution >= 4 is 11.8 Å². The Morgan fingerprint density at radius 3 is 2.75 bits per heavy atom. The zero-order chi connectivity index (χ0) is 8.81. The largest absolute Gasteiger partial charge is 0.393 e. The van der Waals surface area contributed by atoms with E-state index in [9.17, 15) is 0 Å². The lowest BCUT2D eigenvalue weighted by molar-refractivity contribution is 0.182. The van der Waals surface area contributed by atoms with Crippen molar-refractivity contribution in [2.24, 2.45) is 0 Å². The molecule has 0 aliphatic carbocycles. The average Bonchev–Trinajstić information content (AvgIpc) is 2.05. The summed E-state index contributed by atoms with van der Waals surface area (Å²) in [6, 6.07) is 0.713. The van der Waals surface area contributed by atoms with Crippen molar-refractivity contribution in [2.45, 2.75) is 38.3 Å². The van der Waals surface area contributed by atoms with Gasteiger partial charge in [0.05, 0.1) is 6.10 Å². The molecule has 1 rings (SSSR count). The van der Waals surface area contributed by atoms with Gasteiger partial charge in [-0.15, -0.1) is 0 Å². The molecule has 0 aromatic rings. The monoisotopic (exact) mass is 189 g/mol. The number of hydrogen-bond acceptors (Lipinski definition) is 3. The molecule has 72 valence electrons. The van der Waals surface area contributed by atoms with Crippen molar-refractivity contribution in [2.75, 3.05) is 18.1 Å². The fraction of sp³-hybridized carbons (Fsp3) is 1.00. The summed E-state index contributed by atoms with van der Waals surface area (Å²) in [4.78, 5) is 0. The molecule has 0 saturated carbocycles. The maximum atomic E-state index is 9.04. The molecular formula is C9H19NOS. The van der Waals surface area contributed by atoms with Gasteiger partial charge in [-0.3, -0.25) is 0 Å². The standard InChI is InChI=1S/C9H19NOS/c1-8(11)2-5-10-9-3-6-12-7-4-9/h8-11H,2-7H2,1H3/t8-/m1/s1. The lowest BCUT2D eigenvalue weighted by Gasteiger charge is -2.22. The fourth-order valence-electron chi connectivity index (χ4n) is 1.40.